The third kappa shape index (κ3) is 6.97. The van der Waals surface area contributed by atoms with Gasteiger partial charge in [-0.05, 0) is 60.0 Å². The van der Waals surface area contributed by atoms with Gasteiger partial charge >= 0.3 is 0 Å². The Labute approximate surface area is 198 Å². The molecule has 2 aromatic carbocycles. The number of para-hydroxylation sites is 1. The molecule has 2 amide bonds. The lowest BCUT2D eigenvalue weighted by atomic mass is 10.1. The fourth-order valence-corrected chi connectivity index (χ4v) is 3.13. The minimum Gasteiger partial charge on any atom is -0.493 e. The van der Waals surface area contributed by atoms with Crippen molar-refractivity contribution in [2.24, 2.45) is 0 Å². The number of amides is 2. The Bertz CT molecular complexity index is 1200. The number of aromatic nitrogens is 1. The number of nitrogens with zero attached hydrogens (tertiary/aromatic N) is 1. The van der Waals surface area contributed by atoms with Crippen LogP contribution < -0.4 is 20.1 Å². The predicted octanol–water partition coefficient (Wildman–Crippen LogP) is 3.73. The van der Waals surface area contributed by atoms with Gasteiger partial charge in [-0.3, -0.25) is 14.6 Å². The average molecular weight is 456 g/mol. The number of carbonyl (C=O) groups excluding carboxylic acids is 2. The van der Waals surface area contributed by atoms with E-state index in [1.54, 1.807) is 60.9 Å². The molecule has 0 fully saturated rings. The maximum atomic E-state index is 12.7. The van der Waals surface area contributed by atoms with Crippen LogP contribution >= 0.6 is 0 Å². The number of pyridine rings is 1. The number of anilines is 1. The molecule has 1 aromatic heterocycles. The fraction of sp³-hybridized carbons (Fsp3) is 0.148. The van der Waals surface area contributed by atoms with Crippen LogP contribution in [0, 0.1) is 12.3 Å². The highest BCUT2D eigenvalue weighted by molar-refractivity contribution is 6.07. The zero-order valence-corrected chi connectivity index (χ0v) is 18.8. The van der Waals surface area contributed by atoms with E-state index >= 15 is 0 Å². The van der Waals surface area contributed by atoms with Crippen molar-refractivity contribution >= 4 is 23.6 Å². The van der Waals surface area contributed by atoms with Crippen LogP contribution in [0.1, 0.15) is 21.5 Å². The van der Waals surface area contributed by atoms with Gasteiger partial charge in [0.05, 0.1) is 18.4 Å². The van der Waals surface area contributed by atoms with Crippen molar-refractivity contribution in [1.29, 1.82) is 0 Å². The van der Waals surface area contributed by atoms with E-state index in [-0.39, 0.29) is 18.4 Å². The number of terminal acetylenes is 1. The molecule has 3 aromatic rings. The number of hydrogen-bond donors (Lipinski definition) is 2. The van der Waals surface area contributed by atoms with Gasteiger partial charge in [-0.25, -0.2) is 0 Å². The largest absolute Gasteiger partial charge is 0.493 e. The van der Waals surface area contributed by atoms with Crippen LogP contribution in [-0.4, -0.2) is 37.1 Å². The van der Waals surface area contributed by atoms with E-state index < -0.39 is 0 Å². The molecule has 0 bridgehead atoms. The Morgan fingerprint density at radius 1 is 1.09 bits per heavy atom. The number of methoxy groups -OCH3 is 1. The maximum absolute atomic E-state index is 12.7. The summed E-state index contributed by atoms with van der Waals surface area (Å²) in [6.45, 7) is 0.596. The highest BCUT2D eigenvalue weighted by Crippen LogP contribution is 2.28. The monoisotopic (exact) mass is 455 g/mol. The summed E-state index contributed by atoms with van der Waals surface area (Å²) in [6.07, 6.45) is 12.4. The van der Waals surface area contributed by atoms with Crippen molar-refractivity contribution in [3.63, 3.8) is 0 Å². The van der Waals surface area contributed by atoms with Gasteiger partial charge in [0.25, 0.3) is 5.91 Å². The third-order valence-corrected chi connectivity index (χ3v) is 4.80. The molecule has 0 aliphatic carbocycles. The fourth-order valence-electron chi connectivity index (χ4n) is 3.13. The lowest BCUT2D eigenvalue weighted by molar-refractivity contribution is -0.111. The van der Waals surface area contributed by atoms with Crippen LogP contribution in [-0.2, 0) is 11.2 Å². The average Bonchev–Trinajstić information content (AvgIpc) is 2.87. The van der Waals surface area contributed by atoms with E-state index in [2.05, 4.69) is 21.5 Å². The first-order chi connectivity index (χ1) is 16.6. The summed E-state index contributed by atoms with van der Waals surface area (Å²) in [4.78, 5) is 29.2. The van der Waals surface area contributed by atoms with Crippen LogP contribution in [0.4, 0.5) is 5.69 Å². The van der Waals surface area contributed by atoms with Gasteiger partial charge in [0, 0.05) is 25.0 Å². The number of nitrogens with one attached hydrogen (secondary N) is 2. The van der Waals surface area contributed by atoms with Crippen molar-refractivity contribution in [2.45, 2.75) is 6.42 Å². The highest BCUT2D eigenvalue weighted by Gasteiger charge is 2.12. The molecule has 0 atom stereocenters. The molecule has 1 heterocycles. The molecule has 172 valence electrons. The van der Waals surface area contributed by atoms with Crippen molar-refractivity contribution in [1.82, 2.24) is 10.3 Å². The molecule has 0 spiro atoms. The summed E-state index contributed by atoms with van der Waals surface area (Å²) in [6, 6.07) is 15.9. The van der Waals surface area contributed by atoms with E-state index in [1.165, 1.54) is 13.2 Å². The summed E-state index contributed by atoms with van der Waals surface area (Å²) in [5.74, 6) is 2.79. The van der Waals surface area contributed by atoms with Gasteiger partial charge in [0.1, 0.15) is 6.61 Å². The highest BCUT2D eigenvalue weighted by atomic mass is 16.5. The SMILES string of the molecule is C#CCOc1ccc(/C=C/C(=O)Nc2ccccc2C(=O)NCCc2ccncc2)cc1OC. The molecule has 34 heavy (non-hydrogen) atoms. The zero-order chi connectivity index (χ0) is 24.2. The molecule has 0 unspecified atom stereocenters. The number of ether oxygens (including phenoxy) is 2. The summed E-state index contributed by atoms with van der Waals surface area (Å²) >= 11 is 0. The Kier molecular flexibility index (Phi) is 8.83. The molecular formula is C27H25N3O4. The Hall–Kier alpha value is -4.57. The molecular weight excluding hydrogens is 430 g/mol. The quantitative estimate of drug-likeness (QED) is 0.359. The van der Waals surface area contributed by atoms with Crippen LogP contribution in [0.2, 0.25) is 0 Å². The lowest BCUT2D eigenvalue weighted by Gasteiger charge is -2.11. The van der Waals surface area contributed by atoms with E-state index in [9.17, 15) is 9.59 Å². The van der Waals surface area contributed by atoms with Crippen LogP contribution in [0.3, 0.4) is 0 Å². The van der Waals surface area contributed by atoms with E-state index in [1.807, 2.05) is 12.1 Å². The van der Waals surface area contributed by atoms with E-state index in [0.29, 0.717) is 35.7 Å². The van der Waals surface area contributed by atoms with Gasteiger partial charge in [-0.15, -0.1) is 6.42 Å². The van der Waals surface area contributed by atoms with Crippen molar-refractivity contribution in [3.8, 4) is 23.8 Å². The minimum absolute atomic E-state index is 0.130. The van der Waals surface area contributed by atoms with Gasteiger partial charge < -0.3 is 20.1 Å². The molecule has 7 heteroatoms. The van der Waals surface area contributed by atoms with Crippen molar-refractivity contribution < 1.29 is 19.1 Å². The predicted molar refractivity (Wildman–Crippen MR) is 132 cm³/mol. The van der Waals surface area contributed by atoms with Gasteiger partial charge in [-0.2, -0.15) is 0 Å². The summed E-state index contributed by atoms with van der Waals surface area (Å²) in [7, 11) is 1.53. The summed E-state index contributed by atoms with van der Waals surface area (Å²) in [5, 5.41) is 5.65. The standard InChI is InChI=1S/C27H25N3O4/c1-3-18-34-24-10-8-21(19-25(24)33-2)9-11-26(31)30-23-7-5-4-6-22(23)27(32)29-17-14-20-12-15-28-16-13-20/h1,4-13,15-16,19H,14,17-18H2,2H3,(H,29,32)(H,30,31)/b11-9+. The number of rotatable bonds is 10. The molecule has 0 aliphatic heterocycles. The lowest BCUT2D eigenvalue weighted by Crippen LogP contribution is -2.27. The second-order valence-corrected chi connectivity index (χ2v) is 7.13. The second kappa shape index (κ2) is 12.5. The Balaban J connectivity index is 1.61. The molecule has 7 nitrogen and oxygen atoms in total. The number of carbonyl (C=O) groups is 2. The molecule has 2 N–H and O–H groups in total. The van der Waals surface area contributed by atoms with Gasteiger partial charge in [0.2, 0.25) is 5.91 Å². The van der Waals surface area contributed by atoms with Crippen LogP contribution in [0.5, 0.6) is 11.5 Å². The van der Waals surface area contributed by atoms with E-state index in [4.69, 9.17) is 15.9 Å². The molecule has 0 saturated heterocycles. The number of hydrogen-bond acceptors (Lipinski definition) is 5. The number of benzene rings is 2. The molecule has 0 saturated carbocycles. The minimum atomic E-state index is -0.372. The molecule has 0 radical (unpaired) electrons. The Morgan fingerprint density at radius 2 is 1.88 bits per heavy atom. The first-order valence-electron chi connectivity index (χ1n) is 10.6. The van der Waals surface area contributed by atoms with E-state index in [0.717, 1.165) is 11.1 Å². The molecule has 3 rings (SSSR count). The van der Waals surface area contributed by atoms with Crippen LogP contribution in [0.25, 0.3) is 6.08 Å². The van der Waals surface area contributed by atoms with Crippen molar-refractivity contribution in [3.05, 3.63) is 89.8 Å². The first kappa shape index (κ1) is 24.1. The first-order valence-corrected chi connectivity index (χ1v) is 10.6. The van der Waals surface area contributed by atoms with Gasteiger partial charge in [-0.1, -0.05) is 24.1 Å². The molecule has 0 aliphatic rings. The smallest absolute Gasteiger partial charge is 0.253 e. The normalized spacial score (nSPS) is 10.4. The summed E-state index contributed by atoms with van der Waals surface area (Å²) < 4.78 is 10.7. The third-order valence-electron chi connectivity index (χ3n) is 4.80. The summed E-state index contributed by atoms with van der Waals surface area (Å²) in [5.41, 5.74) is 2.63. The topological polar surface area (TPSA) is 89.5 Å². The second-order valence-electron chi connectivity index (χ2n) is 7.13. The van der Waals surface area contributed by atoms with Crippen molar-refractivity contribution in [2.75, 3.05) is 25.6 Å². The van der Waals surface area contributed by atoms with Gasteiger partial charge in [0.15, 0.2) is 11.5 Å². The van der Waals surface area contributed by atoms with Crippen LogP contribution in [0.15, 0.2) is 73.1 Å². The Morgan fingerprint density at radius 3 is 2.65 bits per heavy atom. The maximum Gasteiger partial charge on any atom is 0.253 e. The zero-order valence-electron chi connectivity index (χ0n) is 18.8.